The summed E-state index contributed by atoms with van der Waals surface area (Å²) < 4.78 is 0. The molecule has 0 radical (unpaired) electrons. The second-order valence-electron chi connectivity index (χ2n) is 4.71. The Morgan fingerprint density at radius 3 is 2.67 bits per heavy atom. The number of hydrogen-bond donors (Lipinski definition) is 2. The predicted octanol–water partition coefficient (Wildman–Crippen LogP) is 1.46. The number of aromatic nitrogens is 1. The first-order valence-electron chi connectivity index (χ1n) is 6.66. The minimum absolute atomic E-state index is 0.226. The first-order chi connectivity index (χ1) is 10.0. The lowest BCUT2D eigenvalue weighted by molar-refractivity contribution is -0.137. The van der Waals surface area contributed by atoms with E-state index in [4.69, 9.17) is 5.11 Å². The summed E-state index contributed by atoms with van der Waals surface area (Å²) in [6.45, 7) is 1.80. The Bertz CT molecular complexity index is 736. The van der Waals surface area contributed by atoms with E-state index in [1.807, 2.05) is 6.92 Å². The highest BCUT2D eigenvalue weighted by molar-refractivity contribution is 6.06. The lowest BCUT2D eigenvalue weighted by Crippen LogP contribution is -2.36. The maximum Gasteiger partial charge on any atom is 0.323 e. The van der Waals surface area contributed by atoms with Crippen LogP contribution in [-0.2, 0) is 4.79 Å². The maximum absolute atomic E-state index is 12.5. The number of carboxylic acids is 1. The Balaban J connectivity index is 2.50. The smallest absolute Gasteiger partial charge is 0.323 e. The van der Waals surface area contributed by atoms with Crippen LogP contribution in [0.3, 0.4) is 0 Å². The zero-order chi connectivity index (χ0) is 15.4. The van der Waals surface area contributed by atoms with Crippen LogP contribution in [0, 0.1) is 0 Å². The first kappa shape index (κ1) is 14.8. The van der Waals surface area contributed by atoms with Gasteiger partial charge in [0.15, 0.2) is 0 Å². The fourth-order valence-electron chi connectivity index (χ4n) is 2.24. The lowest BCUT2D eigenvalue weighted by Gasteiger charge is -2.20. The summed E-state index contributed by atoms with van der Waals surface area (Å²) in [5.74, 6) is -1.52. The first-order valence-corrected chi connectivity index (χ1v) is 6.66. The quantitative estimate of drug-likeness (QED) is 0.871. The monoisotopic (exact) mass is 288 g/mol. The van der Waals surface area contributed by atoms with Crippen molar-refractivity contribution in [2.75, 3.05) is 13.1 Å². The fraction of sp³-hybridized carbons (Fsp3) is 0.267. The van der Waals surface area contributed by atoms with Crippen LogP contribution in [0.4, 0.5) is 0 Å². The largest absolute Gasteiger partial charge is 0.480 e. The molecule has 6 nitrogen and oxygen atoms in total. The summed E-state index contributed by atoms with van der Waals surface area (Å²) in [6.07, 6.45) is 0.639. The number of nitrogens with one attached hydrogen (secondary N) is 1. The third-order valence-corrected chi connectivity index (χ3v) is 3.09. The van der Waals surface area contributed by atoms with Gasteiger partial charge >= 0.3 is 5.97 Å². The minimum Gasteiger partial charge on any atom is -0.480 e. The van der Waals surface area contributed by atoms with E-state index in [0.29, 0.717) is 23.9 Å². The van der Waals surface area contributed by atoms with Crippen molar-refractivity contribution < 1.29 is 14.7 Å². The highest BCUT2D eigenvalue weighted by atomic mass is 16.4. The molecule has 2 rings (SSSR count). The Kier molecular flexibility index (Phi) is 4.37. The van der Waals surface area contributed by atoms with Crippen LogP contribution in [0.5, 0.6) is 0 Å². The zero-order valence-corrected chi connectivity index (χ0v) is 11.6. The van der Waals surface area contributed by atoms with E-state index in [1.54, 1.807) is 24.3 Å². The van der Waals surface area contributed by atoms with Crippen LogP contribution >= 0.6 is 0 Å². The third-order valence-electron chi connectivity index (χ3n) is 3.09. The number of carboxylic acid groups (broad SMARTS) is 1. The molecule has 0 unspecified atom stereocenters. The number of benzene rings is 1. The Morgan fingerprint density at radius 1 is 1.29 bits per heavy atom. The Hall–Kier alpha value is -2.63. The van der Waals surface area contributed by atoms with E-state index in [1.165, 1.54) is 11.0 Å². The van der Waals surface area contributed by atoms with Gasteiger partial charge in [0.1, 0.15) is 6.54 Å². The number of aromatic amines is 1. The molecular weight excluding hydrogens is 272 g/mol. The number of nitrogens with zero attached hydrogens (tertiary/aromatic N) is 1. The second kappa shape index (κ2) is 6.21. The van der Waals surface area contributed by atoms with Gasteiger partial charge in [0.2, 0.25) is 5.56 Å². The van der Waals surface area contributed by atoms with Gasteiger partial charge in [-0.3, -0.25) is 14.4 Å². The number of H-pyrrole nitrogens is 1. The van der Waals surface area contributed by atoms with Crippen molar-refractivity contribution in [3.05, 3.63) is 46.2 Å². The molecule has 1 aromatic heterocycles. The van der Waals surface area contributed by atoms with Crippen LogP contribution < -0.4 is 5.56 Å². The molecule has 6 heteroatoms. The van der Waals surface area contributed by atoms with E-state index < -0.39 is 11.9 Å². The van der Waals surface area contributed by atoms with Crippen LogP contribution in [0.2, 0.25) is 0 Å². The van der Waals surface area contributed by atoms with Crippen LogP contribution in [0.1, 0.15) is 23.7 Å². The molecule has 0 spiro atoms. The topological polar surface area (TPSA) is 90.5 Å². The average molecular weight is 288 g/mol. The molecule has 1 aromatic carbocycles. The van der Waals surface area contributed by atoms with Gasteiger partial charge in [-0.2, -0.15) is 0 Å². The van der Waals surface area contributed by atoms with E-state index >= 15 is 0 Å². The molecule has 0 saturated heterocycles. The summed E-state index contributed by atoms with van der Waals surface area (Å²) in [6, 6.07) is 8.17. The number of carbonyl (C=O) groups excluding carboxylic acids is 1. The van der Waals surface area contributed by atoms with E-state index in [-0.39, 0.29) is 17.7 Å². The van der Waals surface area contributed by atoms with Crippen molar-refractivity contribution in [2.45, 2.75) is 13.3 Å². The van der Waals surface area contributed by atoms with Gasteiger partial charge in [0.05, 0.1) is 5.56 Å². The standard InChI is InChI=1S/C15H16N2O4/c1-2-7-17(9-14(19)20)15(21)11-8-13(18)16-12-6-4-3-5-10(11)12/h3-6,8H,2,7,9H2,1H3,(H,16,18)(H,19,20). The van der Waals surface area contributed by atoms with Gasteiger partial charge in [-0.1, -0.05) is 25.1 Å². The zero-order valence-electron chi connectivity index (χ0n) is 11.6. The van der Waals surface area contributed by atoms with Crippen molar-refractivity contribution >= 4 is 22.8 Å². The van der Waals surface area contributed by atoms with Gasteiger partial charge in [-0.05, 0) is 12.5 Å². The van der Waals surface area contributed by atoms with E-state index in [9.17, 15) is 14.4 Å². The normalized spacial score (nSPS) is 10.5. The molecule has 0 saturated carbocycles. The molecule has 110 valence electrons. The minimum atomic E-state index is -1.08. The molecule has 1 amide bonds. The highest BCUT2D eigenvalue weighted by Gasteiger charge is 2.20. The Morgan fingerprint density at radius 2 is 2.00 bits per heavy atom. The number of para-hydroxylation sites is 1. The van der Waals surface area contributed by atoms with Gasteiger partial charge in [-0.25, -0.2) is 0 Å². The number of hydrogen-bond acceptors (Lipinski definition) is 3. The number of rotatable bonds is 5. The molecular formula is C15H16N2O4. The van der Waals surface area contributed by atoms with Crippen molar-refractivity contribution in [1.82, 2.24) is 9.88 Å². The predicted molar refractivity (Wildman–Crippen MR) is 78.4 cm³/mol. The van der Waals surface area contributed by atoms with Gasteiger partial charge in [0, 0.05) is 23.5 Å². The van der Waals surface area contributed by atoms with Crippen molar-refractivity contribution in [3.8, 4) is 0 Å². The molecule has 21 heavy (non-hydrogen) atoms. The molecule has 0 aliphatic heterocycles. The van der Waals surface area contributed by atoms with Crippen molar-refractivity contribution in [1.29, 1.82) is 0 Å². The fourth-order valence-corrected chi connectivity index (χ4v) is 2.24. The molecule has 0 aliphatic carbocycles. The molecule has 0 atom stereocenters. The molecule has 1 heterocycles. The summed E-state index contributed by atoms with van der Waals surface area (Å²) in [4.78, 5) is 39.0. The van der Waals surface area contributed by atoms with Crippen molar-refractivity contribution in [3.63, 3.8) is 0 Å². The Labute approximate surface area is 121 Å². The molecule has 2 N–H and O–H groups in total. The number of amides is 1. The summed E-state index contributed by atoms with van der Waals surface area (Å²) in [5, 5.41) is 9.52. The number of aliphatic carboxylic acids is 1. The lowest BCUT2D eigenvalue weighted by atomic mass is 10.1. The van der Waals surface area contributed by atoms with Gasteiger partial charge < -0.3 is 15.0 Å². The van der Waals surface area contributed by atoms with Gasteiger partial charge in [0.25, 0.3) is 5.91 Å². The average Bonchev–Trinajstić information content (AvgIpc) is 2.44. The number of fused-ring (bicyclic) bond motifs is 1. The van der Waals surface area contributed by atoms with Gasteiger partial charge in [-0.15, -0.1) is 0 Å². The summed E-state index contributed by atoms with van der Waals surface area (Å²) >= 11 is 0. The summed E-state index contributed by atoms with van der Waals surface area (Å²) in [5.41, 5.74) is 0.396. The molecule has 0 bridgehead atoms. The number of carbonyl (C=O) groups is 2. The van der Waals surface area contributed by atoms with Crippen LogP contribution in [0.15, 0.2) is 35.1 Å². The van der Waals surface area contributed by atoms with Crippen LogP contribution in [0.25, 0.3) is 10.9 Å². The molecule has 0 fully saturated rings. The van der Waals surface area contributed by atoms with Crippen molar-refractivity contribution in [2.24, 2.45) is 0 Å². The molecule has 0 aliphatic rings. The van der Waals surface area contributed by atoms with Crippen LogP contribution in [-0.4, -0.2) is 40.0 Å². The van der Waals surface area contributed by atoms with E-state index in [2.05, 4.69) is 4.98 Å². The van der Waals surface area contributed by atoms with E-state index in [0.717, 1.165) is 0 Å². The third kappa shape index (κ3) is 3.28. The summed E-state index contributed by atoms with van der Waals surface area (Å²) in [7, 11) is 0. The maximum atomic E-state index is 12.5. The number of pyridine rings is 1. The SMILES string of the molecule is CCCN(CC(=O)O)C(=O)c1cc(=O)[nH]c2ccccc12. The second-order valence-corrected chi connectivity index (χ2v) is 4.71. The highest BCUT2D eigenvalue weighted by Crippen LogP contribution is 2.16. The molecule has 2 aromatic rings.